The summed E-state index contributed by atoms with van der Waals surface area (Å²) in [5, 5.41) is 16.1. The van der Waals surface area contributed by atoms with E-state index in [1.54, 1.807) is 12.1 Å². The maximum atomic E-state index is 13.5. The molecule has 6 amide bonds. The second kappa shape index (κ2) is 15.1. The predicted molar refractivity (Wildman–Crippen MR) is 177 cm³/mol. The van der Waals surface area contributed by atoms with Crippen LogP contribution in [0.15, 0.2) is 49.1 Å². The number of carbonyl (C=O) groups excluding carboxylic acids is 6. The van der Waals surface area contributed by atoms with Crippen LogP contribution in [0.1, 0.15) is 86.0 Å². The molecule has 47 heavy (non-hydrogen) atoms. The Labute approximate surface area is 276 Å². The van der Waals surface area contributed by atoms with E-state index in [1.165, 1.54) is 92.3 Å². The summed E-state index contributed by atoms with van der Waals surface area (Å²) in [6.45, 7) is 15.7. The second-order valence-electron chi connectivity index (χ2n) is 13.9. The number of pyridine rings is 2. The fraction of sp³-hybridized carbons (Fsp3) is 0.515. The van der Waals surface area contributed by atoms with E-state index in [0.29, 0.717) is 11.3 Å². The summed E-state index contributed by atoms with van der Waals surface area (Å²) in [6, 6.07) is 5.17. The number of rotatable bonds is 14. The number of anilines is 1. The van der Waals surface area contributed by atoms with Gasteiger partial charge < -0.3 is 31.9 Å². The lowest BCUT2D eigenvalue weighted by atomic mass is 9.95. The minimum atomic E-state index is -1.50. The van der Waals surface area contributed by atoms with Crippen molar-refractivity contribution < 1.29 is 28.8 Å². The molecular weight excluding hydrogens is 604 g/mol. The van der Waals surface area contributed by atoms with Crippen LogP contribution < -0.4 is 31.9 Å². The van der Waals surface area contributed by atoms with Gasteiger partial charge in [-0.15, -0.1) is 0 Å². The van der Waals surface area contributed by atoms with Crippen LogP contribution in [0.3, 0.4) is 0 Å². The molecular formula is C33H48N8O6. The Morgan fingerprint density at radius 2 is 1.02 bits per heavy atom. The van der Waals surface area contributed by atoms with Gasteiger partial charge in [0.25, 0.3) is 5.91 Å². The minimum absolute atomic E-state index is 0.0289. The van der Waals surface area contributed by atoms with E-state index in [-0.39, 0.29) is 12.3 Å². The number of nitrogens with one attached hydrogen (secondary N) is 6. The predicted octanol–water partition coefficient (Wildman–Crippen LogP) is 1.84. The summed E-state index contributed by atoms with van der Waals surface area (Å²) < 4.78 is 0. The van der Waals surface area contributed by atoms with Gasteiger partial charge in [-0.3, -0.25) is 38.7 Å². The lowest BCUT2D eigenvalue weighted by molar-refractivity contribution is -0.139. The smallest absolute Gasteiger partial charge is 0.252 e. The van der Waals surface area contributed by atoms with Crippen molar-refractivity contribution in [3.05, 3.63) is 54.6 Å². The van der Waals surface area contributed by atoms with Gasteiger partial charge in [0.1, 0.15) is 28.2 Å². The van der Waals surface area contributed by atoms with Gasteiger partial charge in [0.2, 0.25) is 29.5 Å². The number of hydrogen-bond acceptors (Lipinski definition) is 8. The summed E-state index contributed by atoms with van der Waals surface area (Å²) in [5.41, 5.74) is -4.90. The van der Waals surface area contributed by atoms with E-state index in [9.17, 15) is 28.8 Å². The molecule has 2 rings (SSSR count). The van der Waals surface area contributed by atoms with E-state index in [4.69, 9.17) is 0 Å². The van der Waals surface area contributed by atoms with Crippen LogP contribution in [0, 0.1) is 5.92 Å². The van der Waals surface area contributed by atoms with Crippen LogP contribution >= 0.6 is 0 Å². The number of carbonyl (C=O) groups is 6. The third kappa shape index (κ3) is 11.2. The fourth-order valence-corrected chi connectivity index (χ4v) is 4.13. The lowest BCUT2D eigenvalue weighted by Gasteiger charge is -2.34. The third-order valence-corrected chi connectivity index (χ3v) is 7.19. The van der Waals surface area contributed by atoms with E-state index in [0.717, 1.165) is 0 Å². The number of amides is 6. The summed E-state index contributed by atoms with van der Waals surface area (Å²) in [5.74, 6) is -3.53. The highest BCUT2D eigenvalue weighted by atomic mass is 16.2. The Morgan fingerprint density at radius 3 is 1.51 bits per heavy atom. The van der Waals surface area contributed by atoms with Crippen molar-refractivity contribution in [3.63, 3.8) is 0 Å². The first kappa shape index (κ1) is 38.3. The van der Waals surface area contributed by atoms with Crippen molar-refractivity contribution in [2.45, 2.75) is 104 Å². The highest BCUT2D eigenvalue weighted by Crippen LogP contribution is 2.15. The topological polar surface area (TPSA) is 200 Å². The molecule has 0 aromatic carbocycles. The third-order valence-electron chi connectivity index (χ3n) is 7.19. The Morgan fingerprint density at radius 1 is 0.596 bits per heavy atom. The van der Waals surface area contributed by atoms with Crippen molar-refractivity contribution in [2.75, 3.05) is 5.32 Å². The molecule has 14 nitrogen and oxygen atoms in total. The SMILES string of the molecule is CC(C)C[C@@H](NC(=O)C(C)(C)NC(=O)C(C)(C)NC(=O)c1ccncc1)C(=O)NC(C)(C)C(=O)NC(C)(C)C(=O)Nc1ccncc1. The molecule has 0 radical (unpaired) electrons. The summed E-state index contributed by atoms with van der Waals surface area (Å²) >= 11 is 0. The number of nitrogens with zero attached hydrogens (tertiary/aromatic N) is 2. The molecule has 0 aliphatic rings. The van der Waals surface area contributed by atoms with Gasteiger partial charge >= 0.3 is 0 Å². The Bertz CT molecular complexity index is 1460. The molecule has 2 heterocycles. The lowest BCUT2D eigenvalue weighted by Crippen LogP contribution is -2.66. The maximum Gasteiger partial charge on any atom is 0.252 e. The van der Waals surface area contributed by atoms with Gasteiger partial charge in [0, 0.05) is 36.0 Å². The zero-order chi connectivity index (χ0) is 35.8. The quantitative estimate of drug-likeness (QED) is 0.177. The van der Waals surface area contributed by atoms with Crippen LogP contribution in [0.4, 0.5) is 5.69 Å². The molecule has 0 saturated heterocycles. The average Bonchev–Trinajstić information content (AvgIpc) is 2.96. The Hall–Kier alpha value is -4.88. The number of aromatic nitrogens is 2. The molecule has 0 aliphatic carbocycles. The first-order valence-electron chi connectivity index (χ1n) is 15.3. The number of hydrogen-bond donors (Lipinski definition) is 6. The average molecular weight is 653 g/mol. The fourth-order valence-electron chi connectivity index (χ4n) is 4.13. The molecule has 2 aromatic rings. The summed E-state index contributed by atoms with van der Waals surface area (Å²) in [7, 11) is 0. The van der Waals surface area contributed by atoms with Crippen LogP contribution in [-0.2, 0) is 24.0 Å². The highest BCUT2D eigenvalue weighted by Gasteiger charge is 2.41. The van der Waals surface area contributed by atoms with Gasteiger partial charge in [0.15, 0.2) is 0 Å². The molecule has 0 unspecified atom stereocenters. The van der Waals surface area contributed by atoms with E-state index in [1.807, 2.05) is 13.8 Å². The largest absolute Gasteiger partial charge is 0.342 e. The Balaban J connectivity index is 2.09. The van der Waals surface area contributed by atoms with Crippen LogP contribution in [0.25, 0.3) is 0 Å². The van der Waals surface area contributed by atoms with Crippen molar-refractivity contribution in [1.29, 1.82) is 0 Å². The molecule has 0 bridgehead atoms. The highest BCUT2D eigenvalue weighted by molar-refractivity contribution is 6.03. The summed E-state index contributed by atoms with van der Waals surface area (Å²) in [4.78, 5) is 86.8. The normalized spacial score (nSPS) is 12.7. The molecule has 256 valence electrons. The second-order valence-corrected chi connectivity index (χ2v) is 13.9. The standard InChI is InChI=1S/C33H48N8O6/c1-20(2)19-23(25(43)39-33(9,10)29(47)40-30(3,4)26(44)36-22-13-17-35-18-14-22)37-27(45)31(5,6)41-28(46)32(7,8)38-24(42)21-11-15-34-16-12-21/h11-18,20,23H,19H2,1-10H3,(H,37,45)(H,38,42)(H,39,43)(H,40,47)(H,41,46)(H,35,36,44)/t23-/m1/s1. The first-order chi connectivity index (χ1) is 21.6. The molecule has 0 aliphatic heterocycles. The van der Waals surface area contributed by atoms with E-state index >= 15 is 0 Å². The van der Waals surface area contributed by atoms with Crippen LogP contribution in [-0.4, -0.2) is 73.6 Å². The van der Waals surface area contributed by atoms with Gasteiger partial charge in [-0.2, -0.15) is 0 Å². The monoisotopic (exact) mass is 652 g/mol. The van der Waals surface area contributed by atoms with Crippen LogP contribution in [0.5, 0.6) is 0 Å². The van der Waals surface area contributed by atoms with Gasteiger partial charge in [-0.25, -0.2) is 0 Å². The molecule has 0 saturated carbocycles. The van der Waals surface area contributed by atoms with Gasteiger partial charge in [-0.05, 0) is 92.0 Å². The summed E-state index contributed by atoms with van der Waals surface area (Å²) in [6.07, 6.45) is 6.18. The molecule has 14 heteroatoms. The maximum absolute atomic E-state index is 13.5. The van der Waals surface area contributed by atoms with E-state index < -0.39 is 63.6 Å². The molecule has 0 fully saturated rings. The van der Waals surface area contributed by atoms with Crippen molar-refractivity contribution >= 4 is 41.1 Å². The first-order valence-corrected chi connectivity index (χ1v) is 15.3. The van der Waals surface area contributed by atoms with Gasteiger partial charge in [0.05, 0.1) is 0 Å². The van der Waals surface area contributed by atoms with Crippen molar-refractivity contribution in [1.82, 2.24) is 36.6 Å². The van der Waals surface area contributed by atoms with Crippen molar-refractivity contribution in [2.24, 2.45) is 5.92 Å². The van der Waals surface area contributed by atoms with Crippen molar-refractivity contribution in [3.8, 4) is 0 Å². The molecule has 2 aromatic heterocycles. The van der Waals surface area contributed by atoms with E-state index in [2.05, 4.69) is 41.9 Å². The zero-order valence-corrected chi connectivity index (χ0v) is 28.8. The molecule has 0 spiro atoms. The molecule has 1 atom stereocenters. The Kier molecular flexibility index (Phi) is 12.3. The molecule has 6 N–H and O–H groups in total. The minimum Gasteiger partial charge on any atom is -0.342 e. The van der Waals surface area contributed by atoms with Gasteiger partial charge in [-0.1, -0.05) is 13.8 Å². The van der Waals surface area contributed by atoms with Crippen LogP contribution in [0.2, 0.25) is 0 Å². The zero-order valence-electron chi connectivity index (χ0n) is 28.8.